The lowest BCUT2D eigenvalue weighted by atomic mass is 10.2. The molecular weight excluding hydrogens is 293 g/mol. The van der Waals surface area contributed by atoms with Gasteiger partial charge in [-0.2, -0.15) is 9.37 Å². The van der Waals surface area contributed by atoms with Crippen molar-refractivity contribution in [3.8, 4) is 11.6 Å². The number of aromatic nitrogens is 2. The number of aromatic carboxylic acids is 1. The molecule has 0 unspecified atom stereocenters. The lowest BCUT2D eigenvalue weighted by Gasteiger charge is -2.09. The molecule has 0 aliphatic heterocycles. The van der Waals surface area contributed by atoms with Crippen LogP contribution in [-0.4, -0.2) is 41.3 Å². The minimum Gasteiger partial charge on any atom is -0.492 e. The minimum atomic E-state index is -1.02. The number of nitrogens with zero attached hydrogens (tertiary/aromatic N) is 2. The molecule has 2 aromatic rings. The van der Waals surface area contributed by atoms with Crippen molar-refractivity contribution >= 4 is 11.9 Å². The molecule has 8 heteroatoms. The van der Waals surface area contributed by atoms with Gasteiger partial charge in [-0.15, -0.1) is 0 Å². The summed E-state index contributed by atoms with van der Waals surface area (Å²) in [5.41, 5.74) is 0.150. The third-order valence-corrected chi connectivity index (χ3v) is 2.64. The maximum absolute atomic E-state index is 13.1. The van der Waals surface area contributed by atoms with E-state index in [1.165, 1.54) is 19.2 Å². The van der Waals surface area contributed by atoms with Crippen LogP contribution in [0.25, 0.3) is 0 Å². The zero-order valence-corrected chi connectivity index (χ0v) is 11.7. The third-order valence-electron chi connectivity index (χ3n) is 2.64. The number of rotatable bonds is 7. The number of hydrogen-bond acceptors (Lipinski definition) is 6. The van der Waals surface area contributed by atoms with E-state index in [2.05, 4.69) is 15.3 Å². The van der Waals surface area contributed by atoms with Gasteiger partial charge in [-0.3, -0.25) is 0 Å². The van der Waals surface area contributed by atoms with Gasteiger partial charge >= 0.3 is 5.97 Å². The minimum absolute atomic E-state index is 0.146. The summed E-state index contributed by atoms with van der Waals surface area (Å²) in [5, 5.41) is 11.7. The summed E-state index contributed by atoms with van der Waals surface area (Å²) >= 11 is 0. The van der Waals surface area contributed by atoms with Gasteiger partial charge in [-0.25, -0.2) is 9.78 Å². The number of carboxylic acid groups (broad SMARTS) is 1. The van der Waals surface area contributed by atoms with Crippen molar-refractivity contribution in [2.24, 2.45) is 0 Å². The van der Waals surface area contributed by atoms with E-state index in [1.54, 1.807) is 12.1 Å². The molecule has 0 bridgehead atoms. The first kappa shape index (κ1) is 15.5. The Morgan fingerprint density at radius 1 is 1.45 bits per heavy atom. The molecule has 22 heavy (non-hydrogen) atoms. The highest BCUT2D eigenvalue weighted by Crippen LogP contribution is 2.14. The van der Waals surface area contributed by atoms with Crippen molar-refractivity contribution < 1.29 is 23.8 Å². The Morgan fingerprint density at radius 3 is 3.00 bits per heavy atom. The van der Waals surface area contributed by atoms with Gasteiger partial charge in [0, 0.05) is 0 Å². The lowest BCUT2D eigenvalue weighted by Crippen LogP contribution is -2.14. The highest BCUT2D eigenvalue weighted by atomic mass is 19.1. The van der Waals surface area contributed by atoms with Crippen LogP contribution in [0.2, 0.25) is 0 Å². The Labute approximate surface area is 125 Å². The van der Waals surface area contributed by atoms with E-state index < -0.39 is 11.8 Å². The number of halogens is 1. The van der Waals surface area contributed by atoms with Crippen molar-refractivity contribution in [3.05, 3.63) is 41.8 Å². The number of anilines is 1. The molecule has 0 spiro atoms. The second-order valence-corrected chi connectivity index (χ2v) is 4.16. The van der Waals surface area contributed by atoms with Crippen LogP contribution in [0.3, 0.4) is 0 Å². The van der Waals surface area contributed by atoms with Gasteiger partial charge < -0.3 is 19.9 Å². The number of methoxy groups -OCH3 is 1. The van der Waals surface area contributed by atoms with Gasteiger partial charge in [-0.05, 0) is 18.2 Å². The predicted octanol–water partition coefficient (Wildman–Crippen LogP) is 1.81. The normalized spacial score (nSPS) is 10.1. The molecule has 0 atom stereocenters. The van der Waals surface area contributed by atoms with E-state index in [-0.39, 0.29) is 24.0 Å². The standard InChI is InChI=1S/C14H14FN3O4/c1-21-12-11(15)8-17-14(18-12)16-5-6-22-10-4-2-3-9(7-10)13(19)20/h2-4,7-8H,5-6H2,1H3,(H,19,20)(H,16,17,18). The molecule has 7 nitrogen and oxygen atoms in total. The summed E-state index contributed by atoms with van der Waals surface area (Å²) in [7, 11) is 1.31. The largest absolute Gasteiger partial charge is 0.492 e. The molecule has 0 fully saturated rings. The number of benzene rings is 1. The molecule has 0 amide bonds. The van der Waals surface area contributed by atoms with Gasteiger partial charge in [0.15, 0.2) is 0 Å². The van der Waals surface area contributed by atoms with Crippen molar-refractivity contribution in [2.45, 2.75) is 0 Å². The predicted molar refractivity (Wildman–Crippen MR) is 75.9 cm³/mol. The molecule has 0 saturated carbocycles. The Hall–Kier alpha value is -2.90. The molecular formula is C14H14FN3O4. The van der Waals surface area contributed by atoms with Crippen LogP contribution >= 0.6 is 0 Å². The quantitative estimate of drug-likeness (QED) is 0.753. The molecule has 0 radical (unpaired) electrons. The molecule has 116 valence electrons. The maximum atomic E-state index is 13.1. The summed E-state index contributed by atoms with van der Waals surface area (Å²) in [4.78, 5) is 18.4. The molecule has 0 saturated heterocycles. The maximum Gasteiger partial charge on any atom is 0.335 e. The zero-order valence-electron chi connectivity index (χ0n) is 11.7. The summed E-state index contributed by atoms with van der Waals surface area (Å²) in [6.45, 7) is 0.609. The Morgan fingerprint density at radius 2 is 2.27 bits per heavy atom. The number of carbonyl (C=O) groups is 1. The average Bonchev–Trinajstić information content (AvgIpc) is 2.53. The highest BCUT2D eigenvalue weighted by molar-refractivity contribution is 5.87. The van der Waals surface area contributed by atoms with Crippen LogP contribution < -0.4 is 14.8 Å². The molecule has 0 aliphatic carbocycles. The van der Waals surface area contributed by atoms with Crippen LogP contribution in [0.4, 0.5) is 10.3 Å². The summed E-state index contributed by atoms with van der Waals surface area (Å²) in [5.74, 6) is -1.15. The first-order valence-electron chi connectivity index (χ1n) is 6.36. The molecule has 1 aromatic heterocycles. The first-order chi connectivity index (χ1) is 10.6. The number of ether oxygens (including phenoxy) is 2. The first-order valence-corrected chi connectivity index (χ1v) is 6.36. The Balaban J connectivity index is 1.84. The SMILES string of the molecule is COc1nc(NCCOc2cccc(C(=O)O)c2)ncc1F. The van der Waals surface area contributed by atoms with E-state index in [4.69, 9.17) is 14.6 Å². The fourth-order valence-corrected chi connectivity index (χ4v) is 1.63. The van der Waals surface area contributed by atoms with Crippen LogP contribution in [0.15, 0.2) is 30.5 Å². The van der Waals surface area contributed by atoms with Gasteiger partial charge in [-0.1, -0.05) is 6.07 Å². The van der Waals surface area contributed by atoms with Crippen LogP contribution in [0.1, 0.15) is 10.4 Å². The fourth-order valence-electron chi connectivity index (χ4n) is 1.63. The van der Waals surface area contributed by atoms with Gasteiger partial charge in [0.2, 0.25) is 11.8 Å². The molecule has 2 N–H and O–H groups in total. The summed E-state index contributed by atoms with van der Waals surface area (Å²) in [6, 6.07) is 6.16. The second kappa shape index (κ2) is 7.21. The van der Waals surface area contributed by atoms with E-state index in [9.17, 15) is 9.18 Å². The van der Waals surface area contributed by atoms with Crippen molar-refractivity contribution in [1.82, 2.24) is 9.97 Å². The van der Waals surface area contributed by atoms with E-state index in [0.717, 1.165) is 6.20 Å². The van der Waals surface area contributed by atoms with Crippen molar-refractivity contribution in [2.75, 3.05) is 25.6 Å². The van der Waals surface area contributed by atoms with Gasteiger partial charge in [0.1, 0.15) is 12.4 Å². The van der Waals surface area contributed by atoms with Crippen LogP contribution in [-0.2, 0) is 0 Å². The Bertz CT molecular complexity index is 666. The molecule has 0 aliphatic rings. The van der Waals surface area contributed by atoms with E-state index in [0.29, 0.717) is 12.3 Å². The molecule has 1 aromatic carbocycles. The average molecular weight is 307 g/mol. The zero-order chi connectivity index (χ0) is 15.9. The summed E-state index contributed by atoms with van der Waals surface area (Å²) in [6.07, 6.45) is 1.01. The topological polar surface area (TPSA) is 93.6 Å². The van der Waals surface area contributed by atoms with E-state index in [1.807, 2.05) is 0 Å². The van der Waals surface area contributed by atoms with Crippen LogP contribution in [0, 0.1) is 5.82 Å². The lowest BCUT2D eigenvalue weighted by molar-refractivity contribution is 0.0696. The summed E-state index contributed by atoms with van der Waals surface area (Å²) < 4.78 is 23.3. The van der Waals surface area contributed by atoms with Gasteiger partial charge in [0.25, 0.3) is 5.88 Å². The van der Waals surface area contributed by atoms with Crippen LogP contribution in [0.5, 0.6) is 11.6 Å². The van der Waals surface area contributed by atoms with Gasteiger partial charge in [0.05, 0.1) is 25.4 Å². The smallest absolute Gasteiger partial charge is 0.335 e. The van der Waals surface area contributed by atoms with Crippen molar-refractivity contribution in [3.63, 3.8) is 0 Å². The number of carboxylic acids is 1. The van der Waals surface area contributed by atoms with Crippen molar-refractivity contribution in [1.29, 1.82) is 0 Å². The highest BCUT2D eigenvalue weighted by Gasteiger charge is 2.07. The third kappa shape index (κ3) is 4.05. The monoisotopic (exact) mass is 307 g/mol. The molecule has 1 heterocycles. The van der Waals surface area contributed by atoms with E-state index >= 15 is 0 Å². The number of hydrogen-bond donors (Lipinski definition) is 2. The number of nitrogens with one attached hydrogen (secondary N) is 1. The molecule has 2 rings (SSSR count). The second-order valence-electron chi connectivity index (χ2n) is 4.16. The fraction of sp³-hybridized carbons (Fsp3) is 0.214. The Kier molecular flexibility index (Phi) is 5.07.